The molecule has 2 aromatic carbocycles. The van der Waals surface area contributed by atoms with Crippen LogP contribution in [0.3, 0.4) is 0 Å². The van der Waals surface area contributed by atoms with Gasteiger partial charge in [-0.2, -0.15) is 0 Å². The van der Waals surface area contributed by atoms with Crippen LogP contribution in [0.5, 0.6) is 11.5 Å². The van der Waals surface area contributed by atoms with Gasteiger partial charge in [0.2, 0.25) is 9.47 Å². The molecule has 0 saturated heterocycles. The van der Waals surface area contributed by atoms with Gasteiger partial charge in [-0.05, 0) is 50.6 Å². The van der Waals surface area contributed by atoms with E-state index in [0.29, 0.717) is 30.3 Å². The molecule has 3 aromatic rings. The molecule has 12 heteroatoms. The van der Waals surface area contributed by atoms with Crippen LogP contribution in [-0.2, 0) is 10.0 Å². The Bertz CT molecular complexity index is 1230. The molecule has 0 fully saturated rings. The van der Waals surface area contributed by atoms with Gasteiger partial charge in [-0.1, -0.05) is 41.1 Å². The Hall–Kier alpha value is -2.73. The van der Waals surface area contributed by atoms with Crippen molar-refractivity contribution in [1.82, 2.24) is 14.9 Å². The van der Waals surface area contributed by atoms with Crippen LogP contribution in [0.2, 0.25) is 5.02 Å². The molecule has 1 atom stereocenters. The van der Waals surface area contributed by atoms with E-state index in [1.165, 1.54) is 0 Å². The van der Waals surface area contributed by atoms with Crippen LogP contribution in [0.25, 0.3) is 0 Å². The summed E-state index contributed by atoms with van der Waals surface area (Å²) in [6.07, 6.45) is 0. The minimum atomic E-state index is -4.00. The van der Waals surface area contributed by atoms with Gasteiger partial charge in [0.25, 0.3) is 15.9 Å². The quantitative estimate of drug-likeness (QED) is 0.390. The van der Waals surface area contributed by atoms with Gasteiger partial charge >= 0.3 is 0 Å². The fourth-order valence-electron chi connectivity index (χ4n) is 2.87. The van der Waals surface area contributed by atoms with Crippen LogP contribution in [0, 0.1) is 0 Å². The third kappa shape index (κ3) is 6.20. The lowest BCUT2D eigenvalue weighted by atomic mass is 10.1. The smallest absolute Gasteiger partial charge is 0.270 e. The van der Waals surface area contributed by atoms with Crippen LogP contribution >= 0.6 is 22.9 Å². The van der Waals surface area contributed by atoms with Crippen LogP contribution in [0.1, 0.15) is 42.7 Å². The zero-order chi connectivity index (χ0) is 24.0. The number of nitrogens with one attached hydrogen (secondary N) is 2. The predicted octanol–water partition coefficient (Wildman–Crippen LogP) is 4.28. The fourth-order valence-corrected chi connectivity index (χ4v) is 5.23. The van der Waals surface area contributed by atoms with Crippen molar-refractivity contribution in [1.29, 1.82) is 0 Å². The molecule has 1 aromatic heterocycles. The van der Waals surface area contributed by atoms with Crippen LogP contribution in [-0.4, -0.2) is 37.7 Å². The number of nitrogens with zero attached hydrogens (tertiary/aromatic N) is 2. The third-order valence-electron chi connectivity index (χ3n) is 4.37. The molecular formula is C21H23ClN4O5S2. The van der Waals surface area contributed by atoms with Crippen molar-refractivity contribution >= 4 is 44.0 Å². The normalized spacial score (nSPS) is 12.2. The van der Waals surface area contributed by atoms with E-state index < -0.39 is 22.0 Å². The Morgan fingerprint density at radius 2 is 1.79 bits per heavy atom. The Kier molecular flexibility index (Phi) is 8.25. The number of halogens is 1. The molecule has 0 aliphatic heterocycles. The van der Waals surface area contributed by atoms with Gasteiger partial charge in [0.05, 0.1) is 23.8 Å². The SMILES string of the molecule is CCOc1ccc(C(C)NS(=O)(=O)c2nnc(NC(=O)c3ccccc3Cl)s2)cc1OCC. The summed E-state index contributed by atoms with van der Waals surface area (Å²) in [6.45, 7) is 6.34. The number of rotatable bonds is 10. The Morgan fingerprint density at radius 3 is 2.48 bits per heavy atom. The largest absolute Gasteiger partial charge is 0.490 e. The Balaban J connectivity index is 1.73. The zero-order valence-electron chi connectivity index (χ0n) is 18.2. The average Bonchev–Trinajstić information content (AvgIpc) is 3.25. The summed E-state index contributed by atoms with van der Waals surface area (Å²) in [6, 6.07) is 11.1. The first-order valence-corrected chi connectivity index (χ1v) is 12.7. The second kappa shape index (κ2) is 10.9. The predicted molar refractivity (Wildman–Crippen MR) is 127 cm³/mol. The molecule has 0 aliphatic carbocycles. The maximum atomic E-state index is 12.8. The summed E-state index contributed by atoms with van der Waals surface area (Å²) in [4.78, 5) is 12.4. The van der Waals surface area contributed by atoms with Crippen molar-refractivity contribution in [3.8, 4) is 11.5 Å². The van der Waals surface area contributed by atoms with E-state index in [9.17, 15) is 13.2 Å². The van der Waals surface area contributed by atoms with E-state index in [-0.39, 0.29) is 20.1 Å². The molecule has 2 N–H and O–H groups in total. The molecular weight excluding hydrogens is 488 g/mol. The van der Waals surface area contributed by atoms with E-state index in [4.69, 9.17) is 21.1 Å². The van der Waals surface area contributed by atoms with Gasteiger partial charge in [0.1, 0.15) is 0 Å². The maximum Gasteiger partial charge on any atom is 0.270 e. The number of carbonyl (C=O) groups is 1. The molecule has 1 amide bonds. The number of anilines is 1. The lowest BCUT2D eigenvalue weighted by molar-refractivity contribution is 0.102. The Morgan fingerprint density at radius 1 is 1.09 bits per heavy atom. The molecule has 3 rings (SSSR count). The second-order valence-corrected chi connectivity index (χ2v) is 9.99. The van der Waals surface area contributed by atoms with Crippen molar-refractivity contribution in [3.63, 3.8) is 0 Å². The van der Waals surface area contributed by atoms with Crippen molar-refractivity contribution in [2.24, 2.45) is 0 Å². The molecule has 176 valence electrons. The lowest BCUT2D eigenvalue weighted by Gasteiger charge is -2.16. The number of benzene rings is 2. The van der Waals surface area contributed by atoms with Crippen LogP contribution in [0.4, 0.5) is 5.13 Å². The molecule has 33 heavy (non-hydrogen) atoms. The van der Waals surface area contributed by atoms with Crippen molar-refractivity contribution in [3.05, 3.63) is 58.6 Å². The number of hydrogen-bond donors (Lipinski definition) is 2. The molecule has 1 unspecified atom stereocenters. The van der Waals surface area contributed by atoms with Crippen molar-refractivity contribution in [2.75, 3.05) is 18.5 Å². The summed E-state index contributed by atoms with van der Waals surface area (Å²) in [7, 11) is -4.00. The summed E-state index contributed by atoms with van der Waals surface area (Å²) in [5, 5.41) is 10.3. The first-order chi connectivity index (χ1) is 15.7. The fraction of sp³-hybridized carbons (Fsp3) is 0.286. The molecule has 0 saturated carbocycles. The van der Waals surface area contributed by atoms with E-state index in [1.807, 2.05) is 13.8 Å². The summed E-state index contributed by atoms with van der Waals surface area (Å²) >= 11 is 6.75. The molecule has 0 radical (unpaired) electrons. The molecule has 0 bridgehead atoms. The minimum Gasteiger partial charge on any atom is -0.490 e. The highest BCUT2D eigenvalue weighted by atomic mass is 35.5. The van der Waals surface area contributed by atoms with Gasteiger partial charge in [-0.25, -0.2) is 13.1 Å². The highest BCUT2D eigenvalue weighted by Crippen LogP contribution is 2.31. The summed E-state index contributed by atoms with van der Waals surface area (Å²) < 4.78 is 39.1. The summed E-state index contributed by atoms with van der Waals surface area (Å²) in [5.41, 5.74) is 0.924. The van der Waals surface area contributed by atoms with Crippen molar-refractivity contribution in [2.45, 2.75) is 31.2 Å². The molecule has 9 nitrogen and oxygen atoms in total. The third-order valence-corrected chi connectivity index (χ3v) is 7.45. The second-order valence-electron chi connectivity index (χ2n) is 6.72. The monoisotopic (exact) mass is 510 g/mol. The van der Waals surface area contributed by atoms with Gasteiger partial charge in [0.15, 0.2) is 11.5 Å². The lowest BCUT2D eigenvalue weighted by Crippen LogP contribution is -2.26. The first kappa shape index (κ1) is 24.9. The molecule has 1 heterocycles. The maximum absolute atomic E-state index is 12.8. The highest BCUT2D eigenvalue weighted by molar-refractivity contribution is 7.91. The number of ether oxygens (including phenoxy) is 2. The number of hydrogen-bond acceptors (Lipinski definition) is 8. The highest BCUT2D eigenvalue weighted by Gasteiger charge is 2.24. The zero-order valence-corrected chi connectivity index (χ0v) is 20.6. The Labute approximate surface area is 201 Å². The number of carbonyl (C=O) groups excluding carboxylic acids is 1. The van der Waals surface area contributed by atoms with Gasteiger partial charge in [-0.15, -0.1) is 10.2 Å². The van der Waals surface area contributed by atoms with E-state index in [1.54, 1.807) is 49.4 Å². The van der Waals surface area contributed by atoms with Gasteiger partial charge in [0, 0.05) is 6.04 Å². The van der Waals surface area contributed by atoms with E-state index in [2.05, 4.69) is 20.2 Å². The number of sulfonamides is 1. The summed E-state index contributed by atoms with van der Waals surface area (Å²) in [5.74, 6) is 0.601. The van der Waals surface area contributed by atoms with E-state index >= 15 is 0 Å². The van der Waals surface area contributed by atoms with Crippen LogP contribution in [0.15, 0.2) is 46.8 Å². The van der Waals surface area contributed by atoms with E-state index in [0.717, 1.165) is 11.3 Å². The first-order valence-electron chi connectivity index (χ1n) is 10.1. The minimum absolute atomic E-state index is 0.0349. The van der Waals surface area contributed by atoms with Gasteiger partial charge < -0.3 is 9.47 Å². The number of amides is 1. The molecule has 0 aliphatic rings. The van der Waals surface area contributed by atoms with Gasteiger partial charge in [-0.3, -0.25) is 10.1 Å². The van der Waals surface area contributed by atoms with Crippen LogP contribution < -0.4 is 19.5 Å². The standard InChI is InChI=1S/C21H23ClN4O5S2/c1-4-30-17-11-10-14(12-18(17)31-5-2)13(3)26-33(28,29)21-25-24-20(32-21)23-19(27)15-8-6-7-9-16(15)22/h6-13,26H,4-5H2,1-3H3,(H,23,24,27). The average molecular weight is 511 g/mol. The number of aromatic nitrogens is 2. The topological polar surface area (TPSA) is 120 Å². The van der Waals surface area contributed by atoms with Crippen molar-refractivity contribution < 1.29 is 22.7 Å². The molecule has 0 spiro atoms.